The third-order valence-electron chi connectivity index (χ3n) is 4.22. The number of aromatic nitrogens is 2. The molecule has 2 amide bonds. The van der Waals surface area contributed by atoms with Crippen LogP contribution in [0.1, 0.15) is 23.7 Å². The van der Waals surface area contributed by atoms with Crippen molar-refractivity contribution in [3.63, 3.8) is 0 Å². The number of aliphatic hydroxyl groups is 1. The van der Waals surface area contributed by atoms with E-state index in [4.69, 9.17) is 16.7 Å². The Balaban J connectivity index is 1.61. The Kier molecular flexibility index (Phi) is 5.90. The van der Waals surface area contributed by atoms with Gasteiger partial charge < -0.3 is 20.6 Å². The summed E-state index contributed by atoms with van der Waals surface area (Å²) >= 11 is 5.97. The maximum atomic E-state index is 12.5. The molecule has 0 saturated heterocycles. The highest BCUT2D eigenvalue weighted by molar-refractivity contribution is 6.30. The van der Waals surface area contributed by atoms with Gasteiger partial charge in [0.1, 0.15) is 0 Å². The molecule has 0 bridgehead atoms. The van der Waals surface area contributed by atoms with Crippen LogP contribution in [0.3, 0.4) is 0 Å². The van der Waals surface area contributed by atoms with Gasteiger partial charge in [-0.3, -0.25) is 0 Å². The summed E-state index contributed by atoms with van der Waals surface area (Å²) in [5, 5.41) is 15.7. The maximum Gasteiger partial charge on any atom is 0.318 e. The third kappa shape index (κ3) is 4.62. The Hall–Kier alpha value is -2.38. The van der Waals surface area contributed by atoms with Crippen molar-refractivity contribution in [1.82, 2.24) is 20.2 Å². The summed E-state index contributed by atoms with van der Waals surface area (Å²) in [6.45, 7) is 3.32. The molecule has 1 aliphatic rings. The molecule has 3 rings (SSSR count). The van der Waals surface area contributed by atoms with Gasteiger partial charge in [-0.1, -0.05) is 23.7 Å². The maximum absolute atomic E-state index is 12.5. The second-order valence-corrected chi connectivity index (χ2v) is 6.79. The number of nitrogens with one attached hydrogen (secondary N) is 2. The third-order valence-corrected chi connectivity index (χ3v) is 4.45. The number of hydrogen-bond donors (Lipinski definition) is 3. The van der Waals surface area contributed by atoms with Crippen LogP contribution in [0.5, 0.6) is 0 Å². The van der Waals surface area contributed by atoms with Gasteiger partial charge >= 0.3 is 6.03 Å². The van der Waals surface area contributed by atoms with Crippen molar-refractivity contribution >= 4 is 23.6 Å². The number of amides is 2. The van der Waals surface area contributed by atoms with Gasteiger partial charge in [0.05, 0.1) is 18.8 Å². The average molecular weight is 376 g/mol. The first kappa shape index (κ1) is 18.4. The number of nitrogens with zero attached hydrogens (tertiary/aromatic N) is 3. The van der Waals surface area contributed by atoms with E-state index in [1.165, 1.54) is 0 Å². The summed E-state index contributed by atoms with van der Waals surface area (Å²) in [4.78, 5) is 23.0. The van der Waals surface area contributed by atoms with E-state index in [-0.39, 0.29) is 18.7 Å². The lowest BCUT2D eigenvalue weighted by Crippen LogP contribution is -2.42. The smallest absolute Gasteiger partial charge is 0.318 e. The molecular formula is C18H22ClN5O2. The molecule has 3 N–H and O–H groups in total. The summed E-state index contributed by atoms with van der Waals surface area (Å²) in [6, 6.07) is 7.16. The van der Waals surface area contributed by atoms with Gasteiger partial charge in [-0.25, -0.2) is 14.8 Å². The second-order valence-electron chi connectivity index (χ2n) is 6.35. The van der Waals surface area contributed by atoms with Crippen molar-refractivity contribution in [2.45, 2.75) is 32.5 Å². The fourth-order valence-electron chi connectivity index (χ4n) is 2.75. The van der Waals surface area contributed by atoms with Crippen LogP contribution in [-0.2, 0) is 19.5 Å². The number of aliphatic hydroxyl groups excluding tert-OH is 1. The lowest BCUT2D eigenvalue weighted by atomic mass is 10.1. The van der Waals surface area contributed by atoms with Crippen LogP contribution >= 0.6 is 11.6 Å². The Morgan fingerprint density at radius 1 is 1.46 bits per heavy atom. The van der Waals surface area contributed by atoms with Gasteiger partial charge in [-0.15, -0.1) is 0 Å². The standard InChI is InChI=1S/C18H22ClN5O2/c1-12(11-25)22-17-20-9-14-5-6-24(10-16(14)23-17)18(26)21-8-13-3-2-4-15(19)7-13/h2-4,7,9,12,25H,5-6,8,10-11H2,1H3,(H,21,26)(H,20,22,23)/t12-/m0/s1. The predicted octanol–water partition coefficient (Wildman–Crippen LogP) is 2.19. The number of rotatable bonds is 5. The molecule has 0 unspecified atom stereocenters. The van der Waals surface area contributed by atoms with Gasteiger partial charge in [-0.05, 0) is 36.6 Å². The number of benzene rings is 1. The molecule has 0 radical (unpaired) electrons. The van der Waals surface area contributed by atoms with Crippen molar-refractivity contribution in [3.8, 4) is 0 Å². The largest absolute Gasteiger partial charge is 0.394 e. The lowest BCUT2D eigenvalue weighted by Gasteiger charge is -2.28. The number of hydrogen-bond acceptors (Lipinski definition) is 5. The minimum Gasteiger partial charge on any atom is -0.394 e. The van der Waals surface area contributed by atoms with E-state index in [1.807, 2.05) is 25.1 Å². The van der Waals surface area contributed by atoms with E-state index in [0.29, 0.717) is 30.6 Å². The van der Waals surface area contributed by atoms with Crippen molar-refractivity contribution in [1.29, 1.82) is 0 Å². The molecule has 8 heteroatoms. The normalized spacial score (nSPS) is 14.5. The first-order valence-corrected chi connectivity index (χ1v) is 8.92. The van der Waals surface area contributed by atoms with Gasteiger partial charge in [0.2, 0.25) is 5.95 Å². The van der Waals surface area contributed by atoms with Crippen molar-refractivity contribution in [2.75, 3.05) is 18.5 Å². The number of fused-ring (bicyclic) bond motifs is 1. The average Bonchev–Trinajstić information content (AvgIpc) is 2.65. The molecule has 0 aliphatic carbocycles. The molecule has 138 valence electrons. The summed E-state index contributed by atoms with van der Waals surface area (Å²) < 4.78 is 0. The van der Waals surface area contributed by atoms with Crippen molar-refractivity contribution in [3.05, 3.63) is 52.3 Å². The van der Waals surface area contributed by atoms with Crippen LogP contribution in [0.25, 0.3) is 0 Å². The number of urea groups is 1. The minimum atomic E-state index is -0.132. The minimum absolute atomic E-state index is 0.00151. The van der Waals surface area contributed by atoms with Crippen LogP contribution in [0.4, 0.5) is 10.7 Å². The molecule has 1 aliphatic heterocycles. The fraction of sp³-hybridized carbons (Fsp3) is 0.389. The number of anilines is 1. The van der Waals surface area contributed by atoms with E-state index < -0.39 is 0 Å². The van der Waals surface area contributed by atoms with E-state index in [9.17, 15) is 4.79 Å². The monoisotopic (exact) mass is 375 g/mol. The molecule has 7 nitrogen and oxygen atoms in total. The second kappa shape index (κ2) is 8.33. The molecule has 1 atom stereocenters. The van der Waals surface area contributed by atoms with Gasteiger partial charge in [0.15, 0.2) is 0 Å². The Morgan fingerprint density at radius 2 is 2.31 bits per heavy atom. The molecule has 1 aromatic carbocycles. The molecule has 0 fully saturated rings. The zero-order valence-corrected chi connectivity index (χ0v) is 15.3. The SMILES string of the molecule is C[C@@H](CO)Nc1ncc2c(n1)CN(C(=O)NCc1cccc(Cl)c1)CC2. The summed E-state index contributed by atoms with van der Waals surface area (Å²) in [5.41, 5.74) is 2.83. The summed E-state index contributed by atoms with van der Waals surface area (Å²) in [7, 11) is 0. The van der Waals surface area contributed by atoms with Crippen molar-refractivity contribution < 1.29 is 9.90 Å². The number of carbonyl (C=O) groups is 1. The predicted molar refractivity (Wildman–Crippen MR) is 100 cm³/mol. The van der Waals surface area contributed by atoms with E-state index in [2.05, 4.69) is 20.6 Å². The van der Waals surface area contributed by atoms with Crippen LogP contribution in [0.15, 0.2) is 30.5 Å². The van der Waals surface area contributed by atoms with E-state index in [0.717, 1.165) is 23.2 Å². The lowest BCUT2D eigenvalue weighted by molar-refractivity contribution is 0.191. The summed E-state index contributed by atoms with van der Waals surface area (Å²) in [6.07, 6.45) is 2.51. The van der Waals surface area contributed by atoms with E-state index >= 15 is 0 Å². The molecule has 26 heavy (non-hydrogen) atoms. The highest BCUT2D eigenvalue weighted by atomic mass is 35.5. The number of halogens is 1. The molecule has 0 spiro atoms. The highest BCUT2D eigenvalue weighted by Gasteiger charge is 2.22. The van der Waals surface area contributed by atoms with Gasteiger partial charge in [0.25, 0.3) is 0 Å². The Morgan fingerprint density at radius 3 is 3.08 bits per heavy atom. The molecular weight excluding hydrogens is 354 g/mol. The van der Waals surface area contributed by atoms with Gasteiger partial charge in [-0.2, -0.15) is 0 Å². The Bertz CT molecular complexity index is 786. The Labute approximate surface area is 157 Å². The van der Waals surface area contributed by atoms with Crippen LogP contribution < -0.4 is 10.6 Å². The zero-order chi connectivity index (χ0) is 18.5. The van der Waals surface area contributed by atoms with Crippen molar-refractivity contribution in [2.24, 2.45) is 0 Å². The first-order valence-electron chi connectivity index (χ1n) is 8.54. The zero-order valence-electron chi connectivity index (χ0n) is 14.6. The van der Waals surface area contributed by atoms with Crippen LogP contribution in [-0.4, -0.2) is 45.2 Å². The van der Waals surface area contributed by atoms with E-state index in [1.54, 1.807) is 17.2 Å². The fourth-order valence-corrected chi connectivity index (χ4v) is 2.96. The van der Waals surface area contributed by atoms with Crippen LogP contribution in [0, 0.1) is 0 Å². The van der Waals surface area contributed by atoms with Gasteiger partial charge in [0, 0.05) is 30.4 Å². The summed E-state index contributed by atoms with van der Waals surface area (Å²) in [5.74, 6) is 0.464. The molecule has 2 aromatic rings. The number of carbonyl (C=O) groups excluding carboxylic acids is 1. The van der Waals surface area contributed by atoms with Crippen LogP contribution in [0.2, 0.25) is 5.02 Å². The molecule has 2 heterocycles. The first-order chi connectivity index (χ1) is 12.5. The topological polar surface area (TPSA) is 90.4 Å². The molecule has 1 aromatic heterocycles. The quantitative estimate of drug-likeness (QED) is 0.745. The highest BCUT2D eigenvalue weighted by Crippen LogP contribution is 2.18. The molecule has 0 saturated carbocycles.